The monoisotopic (exact) mass is 238 g/mol. The van der Waals surface area contributed by atoms with E-state index >= 15 is 0 Å². The van der Waals surface area contributed by atoms with Crippen molar-refractivity contribution in [3.05, 3.63) is 22.8 Å². The first-order valence-electron chi connectivity index (χ1n) is 5.84. The maximum absolute atomic E-state index is 11.7. The van der Waals surface area contributed by atoms with Crippen LogP contribution in [0.25, 0.3) is 0 Å². The van der Waals surface area contributed by atoms with Crippen LogP contribution in [0.3, 0.4) is 0 Å². The van der Waals surface area contributed by atoms with Crippen molar-refractivity contribution in [1.82, 2.24) is 0 Å². The summed E-state index contributed by atoms with van der Waals surface area (Å²) in [7, 11) is 0. The first-order chi connectivity index (χ1) is 8.06. The first kappa shape index (κ1) is 13.5. The fourth-order valence-electron chi connectivity index (χ4n) is 1.97. The van der Waals surface area contributed by atoms with Gasteiger partial charge < -0.3 is 9.84 Å². The molecule has 0 aromatic rings. The van der Waals surface area contributed by atoms with Crippen LogP contribution in [0.15, 0.2) is 22.8 Å². The van der Waals surface area contributed by atoms with E-state index in [0.717, 1.165) is 17.6 Å². The summed E-state index contributed by atoms with van der Waals surface area (Å²) in [6, 6.07) is 0. The summed E-state index contributed by atoms with van der Waals surface area (Å²) in [5.74, 6) is -1.15. The largest absolute Gasteiger partial charge is 0.481 e. The lowest BCUT2D eigenvalue weighted by molar-refractivity contribution is -0.139. The van der Waals surface area contributed by atoms with Crippen molar-refractivity contribution in [1.29, 1.82) is 0 Å². The number of carbonyl (C=O) groups excluding carboxylic acids is 1. The molecule has 0 radical (unpaired) electrons. The minimum absolute atomic E-state index is 0.0451. The molecule has 0 aromatic heterocycles. The Kier molecular flexibility index (Phi) is 4.94. The molecule has 1 N–H and O–H groups in total. The number of carboxylic acid groups (broad SMARTS) is 1. The Morgan fingerprint density at radius 2 is 2.18 bits per heavy atom. The number of carbonyl (C=O) groups is 2. The van der Waals surface area contributed by atoms with E-state index in [1.807, 2.05) is 13.0 Å². The van der Waals surface area contributed by atoms with Crippen molar-refractivity contribution < 1.29 is 19.4 Å². The van der Waals surface area contributed by atoms with E-state index in [1.165, 1.54) is 0 Å². The second kappa shape index (κ2) is 6.23. The molecule has 1 aliphatic carbocycles. The van der Waals surface area contributed by atoms with Crippen LogP contribution in [-0.2, 0) is 14.3 Å². The lowest BCUT2D eigenvalue weighted by atomic mass is 9.89. The van der Waals surface area contributed by atoms with Gasteiger partial charge in [-0.15, -0.1) is 0 Å². The summed E-state index contributed by atoms with van der Waals surface area (Å²) in [5, 5.41) is 8.70. The Morgan fingerprint density at radius 1 is 1.47 bits per heavy atom. The smallest absolute Gasteiger partial charge is 0.334 e. The zero-order valence-corrected chi connectivity index (χ0v) is 10.3. The normalized spacial score (nSPS) is 15.5. The Bertz CT molecular complexity index is 377. The standard InChI is InChI=1S/C13H18O4/c1-3-17-13(16)11-6-4-5-9(2)10(11)7-8-12(14)15/h5H,3-4,6-8H2,1-2H3,(H,14,15). The van der Waals surface area contributed by atoms with Gasteiger partial charge in [0.25, 0.3) is 0 Å². The maximum atomic E-state index is 11.7. The Hall–Kier alpha value is -1.58. The number of ether oxygens (including phenoxy) is 1. The molecular weight excluding hydrogens is 220 g/mol. The molecule has 0 heterocycles. The Morgan fingerprint density at radius 3 is 2.76 bits per heavy atom. The third-order valence-electron chi connectivity index (χ3n) is 2.80. The summed E-state index contributed by atoms with van der Waals surface area (Å²) in [4.78, 5) is 22.3. The third-order valence-corrected chi connectivity index (χ3v) is 2.80. The van der Waals surface area contributed by atoms with Crippen LogP contribution in [0.2, 0.25) is 0 Å². The lowest BCUT2D eigenvalue weighted by Gasteiger charge is -2.18. The molecule has 0 unspecified atom stereocenters. The van der Waals surface area contributed by atoms with Gasteiger partial charge in [-0.1, -0.05) is 11.6 Å². The summed E-state index contributed by atoms with van der Waals surface area (Å²) in [5.41, 5.74) is 2.49. The van der Waals surface area contributed by atoms with Gasteiger partial charge in [-0.05, 0) is 38.7 Å². The number of carboxylic acids is 1. The number of hydrogen-bond donors (Lipinski definition) is 1. The molecule has 0 aromatic carbocycles. The molecule has 0 bridgehead atoms. The molecule has 1 rings (SSSR count). The minimum atomic E-state index is -0.848. The average molecular weight is 238 g/mol. The summed E-state index contributed by atoms with van der Waals surface area (Å²) >= 11 is 0. The van der Waals surface area contributed by atoms with Crippen LogP contribution in [-0.4, -0.2) is 23.7 Å². The molecule has 0 fully saturated rings. The Balaban J connectivity index is 2.89. The zero-order valence-electron chi connectivity index (χ0n) is 10.3. The molecule has 94 valence electrons. The van der Waals surface area contributed by atoms with Gasteiger partial charge in [0.1, 0.15) is 0 Å². The highest BCUT2D eigenvalue weighted by Crippen LogP contribution is 2.29. The van der Waals surface area contributed by atoms with Gasteiger partial charge in [0.05, 0.1) is 6.61 Å². The van der Waals surface area contributed by atoms with Gasteiger partial charge in [0.2, 0.25) is 0 Å². The number of rotatable bonds is 5. The third kappa shape index (κ3) is 3.73. The molecule has 0 spiro atoms. The van der Waals surface area contributed by atoms with Crippen molar-refractivity contribution in [2.24, 2.45) is 0 Å². The average Bonchev–Trinajstić information content (AvgIpc) is 2.27. The highest BCUT2D eigenvalue weighted by atomic mass is 16.5. The first-order valence-corrected chi connectivity index (χ1v) is 5.84. The number of esters is 1. The fourth-order valence-corrected chi connectivity index (χ4v) is 1.97. The molecule has 0 saturated carbocycles. The number of allylic oxidation sites excluding steroid dienone is 3. The minimum Gasteiger partial charge on any atom is -0.481 e. The van der Waals surface area contributed by atoms with E-state index in [-0.39, 0.29) is 12.4 Å². The molecule has 0 saturated heterocycles. The van der Waals surface area contributed by atoms with Crippen LogP contribution in [0, 0.1) is 0 Å². The quantitative estimate of drug-likeness (QED) is 0.747. The predicted octanol–water partition coefficient (Wildman–Crippen LogP) is 2.45. The van der Waals surface area contributed by atoms with Crippen molar-refractivity contribution in [2.45, 2.75) is 39.5 Å². The molecule has 0 amide bonds. The van der Waals surface area contributed by atoms with E-state index in [1.54, 1.807) is 6.92 Å². The van der Waals surface area contributed by atoms with Gasteiger partial charge in [0, 0.05) is 12.0 Å². The SMILES string of the molecule is CCOC(=O)C1=C(CCC(=O)O)C(C)=CCC1. The molecule has 0 aliphatic heterocycles. The van der Waals surface area contributed by atoms with E-state index in [9.17, 15) is 9.59 Å². The van der Waals surface area contributed by atoms with E-state index in [0.29, 0.717) is 25.0 Å². The zero-order chi connectivity index (χ0) is 12.8. The van der Waals surface area contributed by atoms with Crippen molar-refractivity contribution >= 4 is 11.9 Å². The molecule has 1 aliphatic rings. The van der Waals surface area contributed by atoms with Gasteiger partial charge >= 0.3 is 11.9 Å². The molecule has 4 nitrogen and oxygen atoms in total. The second-order valence-corrected chi connectivity index (χ2v) is 4.00. The van der Waals surface area contributed by atoms with Gasteiger partial charge in [-0.2, -0.15) is 0 Å². The summed E-state index contributed by atoms with van der Waals surface area (Å²) < 4.78 is 5.00. The van der Waals surface area contributed by atoms with Crippen LogP contribution in [0.4, 0.5) is 0 Å². The summed E-state index contributed by atoms with van der Waals surface area (Å²) in [6.45, 7) is 4.02. The highest BCUT2D eigenvalue weighted by molar-refractivity contribution is 5.90. The van der Waals surface area contributed by atoms with Gasteiger partial charge in [0.15, 0.2) is 0 Å². The molecular formula is C13H18O4. The van der Waals surface area contributed by atoms with Crippen molar-refractivity contribution in [3.63, 3.8) is 0 Å². The van der Waals surface area contributed by atoms with Gasteiger partial charge in [-0.25, -0.2) is 4.79 Å². The van der Waals surface area contributed by atoms with Crippen LogP contribution in [0.5, 0.6) is 0 Å². The van der Waals surface area contributed by atoms with E-state index < -0.39 is 5.97 Å². The molecule has 0 atom stereocenters. The summed E-state index contributed by atoms with van der Waals surface area (Å²) in [6.07, 6.45) is 3.94. The highest BCUT2D eigenvalue weighted by Gasteiger charge is 2.20. The predicted molar refractivity (Wildman–Crippen MR) is 63.5 cm³/mol. The van der Waals surface area contributed by atoms with Gasteiger partial charge in [-0.3, -0.25) is 4.79 Å². The number of aliphatic carboxylic acids is 1. The topological polar surface area (TPSA) is 63.6 Å². The fraction of sp³-hybridized carbons (Fsp3) is 0.538. The second-order valence-electron chi connectivity index (χ2n) is 4.00. The van der Waals surface area contributed by atoms with Crippen molar-refractivity contribution in [2.75, 3.05) is 6.61 Å². The van der Waals surface area contributed by atoms with Crippen molar-refractivity contribution in [3.8, 4) is 0 Å². The van der Waals surface area contributed by atoms with Crippen LogP contribution in [0.1, 0.15) is 39.5 Å². The van der Waals surface area contributed by atoms with Crippen LogP contribution >= 0.6 is 0 Å². The Labute approximate surface area is 101 Å². The van der Waals surface area contributed by atoms with Crippen LogP contribution < -0.4 is 0 Å². The number of hydrogen-bond acceptors (Lipinski definition) is 3. The lowest BCUT2D eigenvalue weighted by Crippen LogP contribution is -2.14. The molecule has 17 heavy (non-hydrogen) atoms. The van der Waals surface area contributed by atoms with E-state index in [2.05, 4.69) is 0 Å². The molecule has 4 heteroatoms. The van der Waals surface area contributed by atoms with E-state index in [4.69, 9.17) is 9.84 Å². The maximum Gasteiger partial charge on any atom is 0.334 e.